The summed E-state index contributed by atoms with van der Waals surface area (Å²) < 4.78 is 24.8. The van der Waals surface area contributed by atoms with Gasteiger partial charge < -0.3 is 0 Å². The van der Waals surface area contributed by atoms with Gasteiger partial charge in [-0.05, 0) is 12.1 Å². The van der Waals surface area contributed by atoms with Gasteiger partial charge in [0.15, 0.2) is 0 Å². The Morgan fingerprint density at radius 1 is 1.24 bits per heavy atom. The van der Waals surface area contributed by atoms with Crippen molar-refractivity contribution in [3.63, 3.8) is 0 Å². The van der Waals surface area contributed by atoms with Crippen LogP contribution < -0.4 is 0 Å². The molecule has 1 aromatic heterocycles. The molecule has 0 aliphatic carbocycles. The predicted octanol–water partition coefficient (Wildman–Crippen LogP) is 1.03. The van der Waals surface area contributed by atoms with Gasteiger partial charge in [0.1, 0.15) is 6.33 Å². The van der Waals surface area contributed by atoms with Crippen LogP contribution in [0.4, 0.5) is 5.69 Å². The Kier molecular flexibility index (Phi) is 2.64. The van der Waals surface area contributed by atoms with Crippen LogP contribution in [0.5, 0.6) is 0 Å². The Morgan fingerprint density at radius 2 is 1.88 bits per heavy atom. The third kappa shape index (κ3) is 2.02. The van der Waals surface area contributed by atoms with Crippen molar-refractivity contribution in [2.75, 3.05) is 0 Å². The summed E-state index contributed by atoms with van der Waals surface area (Å²) >= 11 is 0. The summed E-state index contributed by atoms with van der Waals surface area (Å²) in [5.41, 5.74) is -0.158. The number of aromatic nitrogens is 2. The van der Waals surface area contributed by atoms with Gasteiger partial charge in [-0.15, -0.1) is 0 Å². The number of imidazole rings is 1. The van der Waals surface area contributed by atoms with Crippen LogP contribution in [0.15, 0.2) is 47.9 Å². The molecular weight excluding hydrogens is 246 g/mol. The largest absolute Gasteiger partial charge is 0.269 e. The van der Waals surface area contributed by atoms with Gasteiger partial charge in [-0.3, -0.25) is 10.1 Å². The van der Waals surface area contributed by atoms with E-state index < -0.39 is 14.9 Å². The van der Waals surface area contributed by atoms with Crippen LogP contribution in [0, 0.1) is 10.1 Å². The molecule has 2 rings (SSSR count). The zero-order valence-electron chi connectivity index (χ0n) is 8.42. The fraction of sp³-hybridized carbons (Fsp3) is 0. The summed E-state index contributed by atoms with van der Waals surface area (Å²) in [6, 6.07) is 4.66. The van der Waals surface area contributed by atoms with Crippen molar-refractivity contribution in [1.29, 1.82) is 0 Å². The molecule has 0 bridgehead atoms. The molecule has 2 aromatic rings. The summed E-state index contributed by atoms with van der Waals surface area (Å²) in [5, 5.41) is 10.4. The lowest BCUT2D eigenvalue weighted by atomic mass is 10.3. The summed E-state index contributed by atoms with van der Waals surface area (Å²) in [7, 11) is -3.71. The van der Waals surface area contributed by atoms with Crippen molar-refractivity contribution >= 4 is 15.7 Å². The number of hydrogen-bond donors (Lipinski definition) is 0. The van der Waals surface area contributed by atoms with Crippen molar-refractivity contribution in [2.24, 2.45) is 0 Å². The molecule has 0 amide bonds. The average Bonchev–Trinajstić information content (AvgIpc) is 2.83. The van der Waals surface area contributed by atoms with Crippen LogP contribution in [0.2, 0.25) is 0 Å². The second-order valence-corrected chi connectivity index (χ2v) is 4.99. The Morgan fingerprint density at radius 3 is 2.35 bits per heavy atom. The molecule has 1 heterocycles. The first kappa shape index (κ1) is 11.3. The quantitative estimate of drug-likeness (QED) is 0.601. The Bertz CT molecular complexity index is 631. The number of non-ortho nitro benzene ring substituents is 1. The zero-order valence-corrected chi connectivity index (χ0v) is 9.24. The molecule has 1 aromatic carbocycles. The highest BCUT2D eigenvalue weighted by molar-refractivity contribution is 7.90. The Balaban J connectivity index is 2.45. The SMILES string of the molecule is O=[N+]([O-])c1ccc(S(=O)(=O)n2ccnc2)cc1. The molecule has 0 fully saturated rings. The first-order valence-electron chi connectivity index (χ1n) is 4.50. The molecular formula is C9H7N3O4S. The van der Waals surface area contributed by atoms with Crippen LogP contribution in [0.1, 0.15) is 0 Å². The van der Waals surface area contributed by atoms with Crippen LogP contribution in [0.3, 0.4) is 0 Å². The van der Waals surface area contributed by atoms with E-state index in [9.17, 15) is 18.5 Å². The van der Waals surface area contributed by atoms with Gasteiger partial charge in [-0.1, -0.05) is 0 Å². The number of nitro benzene ring substituents is 1. The first-order chi connectivity index (χ1) is 8.01. The second kappa shape index (κ2) is 3.98. The molecule has 0 unspecified atom stereocenters. The summed E-state index contributed by atoms with van der Waals surface area (Å²) in [5.74, 6) is 0. The number of rotatable bonds is 3. The second-order valence-electron chi connectivity index (χ2n) is 3.15. The van der Waals surface area contributed by atoms with Gasteiger partial charge in [-0.2, -0.15) is 0 Å². The van der Waals surface area contributed by atoms with Crippen LogP contribution >= 0.6 is 0 Å². The van der Waals surface area contributed by atoms with Crippen molar-refractivity contribution in [3.05, 3.63) is 53.1 Å². The fourth-order valence-electron chi connectivity index (χ4n) is 1.25. The maximum absolute atomic E-state index is 11.9. The maximum Gasteiger partial charge on any atom is 0.269 e. The van der Waals surface area contributed by atoms with Crippen molar-refractivity contribution in [3.8, 4) is 0 Å². The molecule has 0 aliphatic rings. The van der Waals surface area contributed by atoms with Gasteiger partial charge in [0.05, 0.1) is 9.82 Å². The van der Waals surface area contributed by atoms with Gasteiger partial charge in [0.25, 0.3) is 15.7 Å². The smallest absolute Gasteiger partial charge is 0.258 e. The lowest BCUT2D eigenvalue weighted by Gasteiger charge is -2.03. The fourth-order valence-corrected chi connectivity index (χ4v) is 2.37. The van der Waals surface area contributed by atoms with E-state index in [0.717, 1.165) is 22.4 Å². The van der Waals surface area contributed by atoms with Crippen LogP contribution in [0.25, 0.3) is 0 Å². The number of nitrogens with zero attached hydrogens (tertiary/aromatic N) is 3. The average molecular weight is 253 g/mol. The van der Waals surface area contributed by atoms with Crippen molar-refractivity contribution in [2.45, 2.75) is 4.90 Å². The van der Waals surface area contributed by atoms with Gasteiger partial charge in [-0.25, -0.2) is 17.4 Å². The highest BCUT2D eigenvalue weighted by atomic mass is 32.2. The Labute approximate surface area is 96.5 Å². The van der Waals surface area contributed by atoms with E-state index in [2.05, 4.69) is 4.98 Å². The number of hydrogen-bond acceptors (Lipinski definition) is 5. The van der Waals surface area contributed by atoms with E-state index in [-0.39, 0.29) is 10.6 Å². The summed E-state index contributed by atoms with van der Waals surface area (Å²) in [6.07, 6.45) is 3.77. The highest BCUT2D eigenvalue weighted by Gasteiger charge is 2.17. The Hall–Kier alpha value is -2.22. The standard InChI is InChI=1S/C9H7N3O4S/c13-12(14)8-1-3-9(4-2-8)17(15,16)11-6-5-10-7-11/h1-7H. The molecule has 0 radical (unpaired) electrons. The van der Waals surface area contributed by atoms with Crippen molar-refractivity contribution < 1.29 is 13.3 Å². The van der Waals surface area contributed by atoms with E-state index in [1.54, 1.807) is 0 Å². The lowest BCUT2D eigenvalue weighted by Crippen LogP contribution is -2.10. The molecule has 0 spiro atoms. The van der Waals surface area contributed by atoms with E-state index in [0.29, 0.717) is 0 Å². The van der Waals surface area contributed by atoms with Crippen LogP contribution in [-0.2, 0) is 10.0 Å². The van der Waals surface area contributed by atoms with Gasteiger partial charge in [0, 0.05) is 24.5 Å². The van der Waals surface area contributed by atoms with E-state index in [4.69, 9.17) is 0 Å². The summed E-state index contributed by atoms with van der Waals surface area (Å²) in [6.45, 7) is 0. The minimum Gasteiger partial charge on any atom is -0.258 e. The molecule has 0 N–H and O–H groups in total. The lowest BCUT2D eigenvalue weighted by molar-refractivity contribution is -0.384. The first-order valence-corrected chi connectivity index (χ1v) is 5.94. The normalized spacial score (nSPS) is 11.3. The zero-order chi connectivity index (χ0) is 12.5. The van der Waals surface area contributed by atoms with Crippen LogP contribution in [-0.4, -0.2) is 22.3 Å². The number of nitro groups is 1. The predicted molar refractivity (Wildman–Crippen MR) is 57.9 cm³/mol. The molecule has 88 valence electrons. The van der Waals surface area contributed by atoms with E-state index in [1.807, 2.05) is 0 Å². The molecule has 0 saturated carbocycles. The van der Waals surface area contributed by atoms with Gasteiger partial charge in [0.2, 0.25) is 0 Å². The minimum absolute atomic E-state index is 0.0268. The molecule has 8 heteroatoms. The van der Waals surface area contributed by atoms with Crippen molar-refractivity contribution in [1.82, 2.24) is 8.96 Å². The highest BCUT2D eigenvalue weighted by Crippen LogP contribution is 2.17. The number of benzene rings is 1. The molecule has 7 nitrogen and oxygen atoms in total. The summed E-state index contributed by atoms with van der Waals surface area (Å²) in [4.78, 5) is 13.5. The third-order valence-electron chi connectivity index (χ3n) is 2.10. The molecule has 0 atom stereocenters. The third-order valence-corrected chi connectivity index (χ3v) is 3.74. The molecule has 17 heavy (non-hydrogen) atoms. The molecule has 0 aliphatic heterocycles. The van der Waals surface area contributed by atoms with Gasteiger partial charge >= 0.3 is 0 Å². The topological polar surface area (TPSA) is 95.1 Å². The van der Waals surface area contributed by atoms with E-state index in [1.165, 1.54) is 24.5 Å². The molecule has 0 saturated heterocycles. The maximum atomic E-state index is 11.9. The minimum atomic E-state index is -3.71. The van der Waals surface area contributed by atoms with E-state index >= 15 is 0 Å². The monoisotopic (exact) mass is 253 g/mol.